The Kier molecular flexibility index (Phi) is 3.82. The van der Waals surface area contributed by atoms with E-state index in [1.807, 2.05) is 18.2 Å². The molecule has 0 saturated carbocycles. The summed E-state index contributed by atoms with van der Waals surface area (Å²) in [6, 6.07) is 5.62. The fourth-order valence-corrected chi connectivity index (χ4v) is 4.67. The number of aromatic nitrogens is 1. The number of carbonyl (C=O) groups is 1. The average Bonchev–Trinajstić information content (AvgIpc) is 3.03. The molecule has 2 aromatic rings. The molecule has 0 radical (unpaired) electrons. The Morgan fingerprint density at radius 3 is 3.10 bits per heavy atom. The summed E-state index contributed by atoms with van der Waals surface area (Å²) < 4.78 is 7.22. The van der Waals surface area contributed by atoms with E-state index in [1.165, 1.54) is 23.1 Å². The van der Waals surface area contributed by atoms with Gasteiger partial charge in [0.25, 0.3) is 0 Å². The number of fused-ring (bicyclic) bond motifs is 1. The van der Waals surface area contributed by atoms with Crippen LogP contribution in [0.25, 0.3) is 10.2 Å². The number of nitrogen functional groups attached to an aromatic ring is 1. The second-order valence-electron chi connectivity index (χ2n) is 4.77. The maximum atomic E-state index is 11.7. The number of nitrogens with two attached hydrogens (primary N) is 2. The molecule has 1 aliphatic heterocycles. The van der Waals surface area contributed by atoms with Crippen molar-refractivity contribution >= 4 is 44.9 Å². The lowest BCUT2D eigenvalue weighted by Gasteiger charge is -2.16. The van der Waals surface area contributed by atoms with Crippen LogP contribution in [0.1, 0.15) is 6.42 Å². The van der Waals surface area contributed by atoms with Gasteiger partial charge in [0.15, 0.2) is 4.34 Å². The van der Waals surface area contributed by atoms with Crippen LogP contribution in [-0.4, -0.2) is 29.4 Å². The molecule has 1 aliphatic rings. The monoisotopic (exact) mass is 309 g/mol. The lowest BCUT2D eigenvalue weighted by atomic mass is 10.0. The first-order valence-corrected chi connectivity index (χ1v) is 8.03. The largest absolute Gasteiger partial charge is 0.399 e. The molecule has 2 atom stereocenters. The highest BCUT2D eigenvalue weighted by molar-refractivity contribution is 8.02. The topological polar surface area (TPSA) is 91.2 Å². The zero-order valence-corrected chi connectivity index (χ0v) is 12.4. The van der Waals surface area contributed by atoms with Crippen molar-refractivity contribution < 1.29 is 9.53 Å². The van der Waals surface area contributed by atoms with Crippen molar-refractivity contribution in [3.63, 3.8) is 0 Å². The predicted octanol–water partition coefficient (Wildman–Crippen LogP) is 1.86. The van der Waals surface area contributed by atoms with Crippen molar-refractivity contribution in [3.8, 4) is 0 Å². The second kappa shape index (κ2) is 5.59. The van der Waals surface area contributed by atoms with E-state index in [2.05, 4.69) is 4.98 Å². The van der Waals surface area contributed by atoms with Gasteiger partial charge in [0, 0.05) is 18.2 Å². The molecule has 7 heteroatoms. The summed E-state index contributed by atoms with van der Waals surface area (Å²) in [7, 11) is 0. The van der Waals surface area contributed by atoms with E-state index < -0.39 is 0 Å². The maximum Gasteiger partial charge on any atom is 0.231 e. The van der Waals surface area contributed by atoms with E-state index >= 15 is 0 Å². The van der Waals surface area contributed by atoms with Crippen LogP contribution < -0.4 is 11.5 Å². The summed E-state index contributed by atoms with van der Waals surface area (Å²) in [6.07, 6.45) is 0.873. The third-order valence-corrected chi connectivity index (χ3v) is 5.81. The van der Waals surface area contributed by atoms with Crippen LogP contribution in [0, 0.1) is 5.92 Å². The van der Waals surface area contributed by atoms with Crippen molar-refractivity contribution in [2.24, 2.45) is 11.7 Å². The number of rotatable bonds is 4. The molecule has 1 fully saturated rings. The van der Waals surface area contributed by atoms with Gasteiger partial charge in [-0.25, -0.2) is 4.98 Å². The van der Waals surface area contributed by atoms with Crippen LogP contribution in [0.15, 0.2) is 22.5 Å². The van der Waals surface area contributed by atoms with Gasteiger partial charge in [-0.1, -0.05) is 11.8 Å². The fraction of sp³-hybridized carbons (Fsp3) is 0.385. The van der Waals surface area contributed by atoms with E-state index in [0.717, 1.165) is 21.0 Å². The smallest absolute Gasteiger partial charge is 0.231 e. The Bertz CT molecular complexity index is 638. The Balaban J connectivity index is 1.84. The number of nitrogens with zero attached hydrogens (tertiary/aromatic N) is 1. The summed E-state index contributed by atoms with van der Waals surface area (Å²) in [5, 5.41) is -0.282. The molecule has 4 N–H and O–H groups in total. The molecule has 1 saturated heterocycles. The van der Waals surface area contributed by atoms with Crippen LogP contribution in [0.2, 0.25) is 0 Å². The van der Waals surface area contributed by atoms with Gasteiger partial charge >= 0.3 is 0 Å². The van der Waals surface area contributed by atoms with Crippen molar-refractivity contribution in [3.05, 3.63) is 18.2 Å². The molecular weight excluding hydrogens is 294 g/mol. The molecule has 1 amide bonds. The molecule has 1 aromatic heterocycles. The number of benzene rings is 1. The zero-order valence-electron chi connectivity index (χ0n) is 10.7. The van der Waals surface area contributed by atoms with Crippen LogP contribution >= 0.6 is 23.1 Å². The summed E-state index contributed by atoms with van der Waals surface area (Å²) in [4.78, 5) is 16.2. The number of thiazole rings is 1. The minimum atomic E-state index is -0.302. The Hall–Kier alpha value is -1.31. The van der Waals surface area contributed by atoms with Crippen LogP contribution in [0.4, 0.5) is 5.69 Å². The number of ether oxygens (including phenoxy) is 1. The number of primary amides is 1. The highest BCUT2D eigenvalue weighted by atomic mass is 32.2. The molecule has 5 nitrogen and oxygen atoms in total. The van der Waals surface area contributed by atoms with Crippen molar-refractivity contribution in [1.29, 1.82) is 0 Å². The van der Waals surface area contributed by atoms with E-state index in [1.54, 1.807) is 0 Å². The first kappa shape index (κ1) is 13.7. The van der Waals surface area contributed by atoms with Crippen molar-refractivity contribution in [2.45, 2.75) is 16.0 Å². The third kappa shape index (κ3) is 2.74. The minimum Gasteiger partial charge on any atom is -0.399 e. The van der Waals surface area contributed by atoms with Crippen LogP contribution in [0.3, 0.4) is 0 Å². The van der Waals surface area contributed by atoms with Gasteiger partial charge in [-0.15, -0.1) is 11.3 Å². The molecule has 20 heavy (non-hydrogen) atoms. The number of carbonyl (C=O) groups excluding carboxylic acids is 1. The number of hydrogen-bond donors (Lipinski definition) is 2. The maximum absolute atomic E-state index is 11.7. The van der Waals surface area contributed by atoms with E-state index in [0.29, 0.717) is 18.9 Å². The van der Waals surface area contributed by atoms with E-state index in [9.17, 15) is 4.79 Å². The predicted molar refractivity (Wildman–Crippen MR) is 81.8 cm³/mol. The lowest BCUT2D eigenvalue weighted by Crippen LogP contribution is -2.33. The van der Waals surface area contributed by atoms with Gasteiger partial charge < -0.3 is 16.2 Å². The summed E-state index contributed by atoms with van der Waals surface area (Å²) >= 11 is 2.98. The van der Waals surface area contributed by atoms with Crippen LogP contribution in [-0.2, 0) is 9.53 Å². The van der Waals surface area contributed by atoms with Crippen LogP contribution in [0.5, 0.6) is 0 Å². The molecular formula is C13H15N3O2S2. The first-order chi connectivity index (χ1) is 9.63. The fourth-order valence-electron chi connectivity index (χ4n) is 2.26. The highest BCUT2D eigenvalue weighted by Crippen LogP contribution is 2.37. The van der Waals surface area contributed by atoms with Crippen molar-refractivity contribution in [1.82, 2.24) is 4.98 Å². The SMILES string of the molecule is NC(=O)C(Sc1nc2ccc(N)cc2s1)C1CCOC1. The quantitative estimate of drug-likeness (QED) is 0.664. The standard InChI is InChI=1S/C13H15N3O2S2/c14-8-1-2-9-10(5-8)19-13(16-9)20-11(12(15)17)7-3-4-18-6-7/h1-2,5,7,11H,3-4,6,14H2,(H2,15,17). The van der Waals surface area contributed by atoms with E-state index in [-0.39, 0.29) is 17.1 Å². The molecule has 0 bridgehead atoms. The molecule has 0 spiro atoms. The third-order valence-electron chi connectivity index (χ3n) is 3.29. The van der Waals surface area contributed by atoms with Gasteiger partial charge in [-0.2, -0.15) is 0 Å². The number of amides is 1. The Morgan fingerprint density at radius 2 is 2.40 bits per heavy atom. The summed E-state index contributed by atoms with van der Waals surface area (Å²) in [5.74, 6) is -0.126. The number of anilines is 1. The highest BCUT2D eigenvalue weighted by Gasteiger charge is 2.31. The number of hydrogen-bond acceptors (Lipinski definition) is 6. The number of thioether (sulfide) groups is 1. The van der Waals surface area contributed by atoms with Gasteiger partial charge in [0.1, 0.15) is 0 Å². The molecule has 2 unspecified atom stereocenters. The first-order valence-electron chi connectivity index (χ1n) is 6.33. The summed E-state index contributed by atoms with van der Waals surface area (Å²) in [6.45, 7) is 1.30. The lowest BCUT2D eigenvalue weighted by molar-refractivity contribution is -0.118. The molecule has 106 valence electrons. The van der Waals surface area contributed by atoms with Gasteiger partial charge in [-0.05, 0) is 24.6 Å². The van der Waals surface area contributed by atoms with Gasteiger partial charge in [-0.3, -0.25) is 4.79 Å². The van der Waals surface area contributed by atoms with Gasteiger partial charge in [0.05, 0.1) is 22.1 Å². The van der Waals surface area contributed by atoms with Crippen molar-refractivity contribution in [2.75, 3.05) is 18.9 Å². The van der Waals surface area contributed by atoms with E-state index in [4.69, 9.17) is 16.2 Å². The average molecular weight is 309 g/mol. The molecule has 3 rings (SSSR count). The Morgan fingerprint density at radius 1 is 1.55 bits per heavy atom. The van der Waals surface area contributed by atoms with Gasteiger partial charge in [0.2, 0.25) is 5.91 Å². The molecule has 2 heterocycles. The minimum absolute atomic E-state index is 0.176. The molecule has 0 aliphatic carbocycles. The normalized spacial score (nSPS) is 20.3. The zero-order chi connectivity index (χ0) is 14.1. The molecule has 1 aromatic carbocycles. The summed E-state index contributed by atoms with van der Waals surface area (Å²) in [5.41, 5.74) is 12.9. The Labute approximate surface area is 124 Å². The second-order valence-corrected chi connectivity index (χ2v) is 7.19.